The molecule has 0 aliphatic heterocycles. The average molecular weight is 513 g/mol. The first-order valence-corrected chi connectivity index (χ1v) is 9.53. The molecule has 0 bridgehead atoms. The largest absolute Gasteiger partial charge is 0.497 e. The topological polar surface area (TPSA) is 64.1 Å². The number of nitrogens with one attached hydrogen (secondary N) is 2. The molecule has 0 unspecified atom stereocenters. The number of hydrogen-bond acceptors (Lipinski definition) is 4. The summed E-state index contributed by atoms with van der Waals surface area (Å²) < 4.78 is 16.7. The number of rotatable bonds is 10. The van der Waals surface area contributed by atoms with E-state index in [-0.39, 0.29) is 24.0 Å². The van der Waals surface area contributed by atoms with Crippen molar-refractivity contribution in [3.05, 3.63) is 59.2 Å². The van der Waals surface area contributed by atoms with Crippen LogP contribution in [0.15, 0.2) is 47.5 Å². The number of aliphatic imine (C=N–C) groups is 1. The molecule has 2 aromatic carbocycles. The monoisotopic (exact) mass is 513 g/mol. The van der Waals surface area contributed by atoms with Crippen molar-refractivity contribution < 1.29 is 14.2 Å². The fourth-order valence-corrected chi connectivity index (χ4v) is 2.69. The number of benzene rings is 2. The van der Waals surface area contributed by atoms with Gasteiger partial charge in [0.15, 0.2) is 5.96 Å². The Bertz CT molecular complexity index is 769. The van der Waals surface area contributed by atoms with E-state index >= 15 is 0 Å². The van der Waals surface area contributed by atoms with Gasteiger partial charge in [0.2, 0.25) is 0 Å². The molecule has 0 heterocycles. The van der Waals surface area contributed by atoms with Gasteiger partial charge in [0.25, 0.3) is 0 Å². The number of ether oxygens (including phenoxy) is 3. The highest BCUT2D eigenvalue weighted by molar-refractivity contribution is 14.0. The first kappa shape index (κ1) is 25.0. The standard InChI is InChI=1S/C22H31N3O3.HI/c1-5-28-21-13-17(2)9-10-19(21)15-25-22(23-3)24-11-12-27-16-18-7-6-8-20(14-18)26-4;/h6-10,13-14H,5,11-12,15-16H2,1-4H3,(H2,23,24,25);1H. The second-order valence-electron chi connectivity index (χ2n) is 6.30. The van der Waals surface area contributed by atoms with Crippen LogP contribution in [0.4, 0.5) is 0 Å². The number of halogens is 1. The summed E-state index contributed by atoms with van der Waals surface area (Å²) in [5, 5.41) is 6.57. The van der Waals surface area contributed by atoms with Gasteiger partial charge in [0.1, 0.15) is 11.5 Å². The quantitative estimate of drug-likeness (QED) is 0.219. The molecular formula is C22H32IN3O3. The molecule has 2 rings (SSSR count). The van der Waals surface area contributed by atoms with Crippen LogP contribution in [0.1, 0.15) is 23.6 Å². The van der Waals surface area contributed by atoms with Crippen molar-refractivity contribution in [2.24, 2.45) is 4.99 Å². The van der Waals surface area contributed by atoms with Gasteiger partial charge in [0, 0.05) is 25.7 Å². The molecule has 0 atom stereocenters. The van der Waals surface area contributed by atoms with Gasteiger partial charge in [-0.1, -0.05) is 24.3 Å². The molecular weight excluding hydrogens is 481 g/mol. The van der Waals surface area contributed by atoms with Gasteiger partial charge in [-0.05, 0) is 43.2 Å². The van der Waals surface area contributed by atoms with E-state index in [1.165, 1.54) is 5.56 Å². The van der Waals surface area contributed by atoms with Gasteiger partial charge in [-0.25, -0.2) is 0 Å². The predicted molar refractivity (Wildman–Crippen MR) is 129 cm³/mol. The summed E-state index contributed by atoms with van der Waals surface area (Å²) >= 11 is 0. The van der Waals surface area contributed by atoms with E-state index in [1.807, 2.05) is 31.2 Å². The van der Waals surface area contributed by atoms with Crippen LogP contribution in [0.3, 0.4) is 0 Å². The molecule has 29 heavy (non-hydrogen) atoms. The Morgan fingerprint density at radius 1 is 1.10 bits per heavy atom. The summed E-state index contributed by atoms with van der Waals surface area (Å²) in [4.78, 5) is 4.26. The van der Waals surface area contributed by atoms with E-state index < -0.39 is 0 Å². The number of guanidine groups is 1. The highest BCUT2D eigenvalue weighted by Crippen LogP contribution is 2.20. The molecule has 0 radical (unpaired) electrons. The minimum atomic E-state index is 0. The first-order chi connectivity index (χ1) is 13.7. The van der Waals surface area contributed by atoms with Crippen LogP contribution in [-0.4, -0.2) is 39.9 Å². The predicted octanol–water partition coefficient (Wildman–Crippen LogP) is 3.90. The molecule has 0 saturated carbocycles. The van der Waals surface area contributed by atoms with E-state index in [1.54, 1.807) is 14.2 Å². The molecule has 0 fully saturated rings. The van der Waals surface area contributed by atoms with Crippen LogP contribution >= 0.6 is 24.0 Å². The van der Waals surface area contributed by atoms with E-state index in [0.29, 0.717) is 32.9 Å². The van der Waals surface area contributed by atoms with Gasteiger partial charge in [-0.15, -0.1) is 24.0 Å². The molecule has 0 amide bonds. The highest BCUT2D eigenvalue weighted by Gasteiger charge is 2.05. The number of hydrogen-bond donors (Lipinski definition) is 2. The zero-order valence-electron chi connectivity index (χ0n) is 17.7. The summed E-state index contributed by atoms with van der Waals surface area (Å²) in [5.74, 6) is 2.48. The normalized spacial score (nSPS) is 10.8. The van der Waals surface area contributed by atoms with E-state index in [4.69, 9.17) is 14.2 Å². The Balaban J connectivity index is 0.00000420. The molecule has 0 aliphatic carbocycles. The molecule has 0 aromatic heterocycles. The second-order valence-corrected chi connectivity index (χ2v) is 6.30. The van der Waals surface area contributed by atoms with Crippen molar-refractivity contribution >= 4 is 29.9 Å². The third-order valence-electron chi connectivity index (χ3n) is 4.13. The van der Waals surface area contributed by atoms with Gasteiger partial charge in [-0.2, -0.15) is 0 Å². The lowest BCUT2D eigenvalue weighted by Crippen LogP contribution is -2.38. The fourth-order valence-electron chi connectivity index (χ4n) is 2.69. The minimum absolute atomic E-state index is 0. The van der Waals surface area contributed by atoms with Gasteiger partial charge in [-0.3, -0.25) is 4.99 Å². The zero-order valence-corrected chi connectivity index (χ0v) is 20.0. The van der Waals surface area contributed by atoms with Crippen LogP contribution < -0.4 is 20.1 Å². The number of nitrogens with zero attached hydrogens (tertiary/aromatic N) is 1. The summed E-state index contributed by atoms with van der Waals surface area (Å²) in [6.45, 7) is 7.12. The van der Waals surface area contributed by atoms with Crippen molar-refractivity contribution in [1.82, 2.24) is 10.6 Å². The Labute approximate surface area is 191 Å². The molecule has 160 valence electrons. The smallest absolute Gasteiger partial charge is 0.191 e. The first-order valence-electron chi connectivity index (χ1n) is 9.53. The zero-order chi connectivity index (χ0) is 20.2. The lowest BCUT2D eigenvalue weighted by Gasteiger charge is -2.15. The number of aryl methyl sites for hydroxylation is 1. The number of methoxy groups -OCH3 is 1. The fraction of sp³-hybridized carbons (Fsp3) is 0.409. The Morgan fingerprint density at radius 2 is 1.93 bits per heavy atom. The minimum Gasteiger partial charge on any atom is -0.497 e. The van der Waals surface area contributed by atoms with Crippen molar-refractivity contribution in [1.29, 1.82) is 0 Å². The maximum Gasteiger partial charge on any atom is 0.191 e. The maximum atomic E-state index is 5.73. The van der Waals surface area contributed by atoms with Gasteiger partial charge < -0.3 is 24.8 Å². The summed E-state index contributed by atoms with van der Waals surface area (Å²) in [6, 6.07) is 14.1. The summed E-state index contributed by atoms with van der Waals surface area (Å²) in [7, 11) is 3.42. The van der Waals surface area contributed by atoms with Crippen molar-refractivity contribution in [2.75, 3.05) is 33.9 Å². The van der Waals surface area contributed by atoms with E-state index in [9.17, 15) is 0 Å². The average Bonchev–Trinajstić information content (AvgIpc) is 2.71. The van der Waals surface area contributed by atoms with E-state index in [0.717, 1.165) is 28.6 Å². The molecule has 6 nitrogen and oxygen atoms in total. The SMILES string of the molecule is CCOc1cc(C)ccc1CNC(=NC)NCCOCc1cccc(OC)c1.I. The molecule has 0 spiro atoms. The van der Waals surface area contributed by atoms with Crippen LogP contribution in [0, 0.1) is 6.92 Å². The molecule has 0 saturated heterocycles. The third-order valence-corrected chi connectivity index (χ3v) is 4.13. The van der Waals surface area contributed by atoms with Crippen molar-refractivity contribution in [3.8, 4) is 11.5 Å². The maximum absolute atomic E-state index is 5.73. The van der Waals surface area contributed by atoms with Crippen LogP contribution in [-0.2, 0) is 17.9 Å². The van der Waals surface area contributed by atoms with Gasteiger partial charge >= 0.3 is 0 Å². The molecule has 2 N–H and O–H groups in total. The molecule has 7 heteroatoms. The lowest BCUT2D eigenvalue weighted by atomic mass is 10.1. The molecule has 0 aliphatic rings. The van der Waals surface area contributed by atoms with E-state index in [2.05, 4.69) is 40.7 Å². The second kappa shape index (κ2) is 14.1. The summed E-state index contributed by atoms with van der Waals surface area (Å²) in [5.41, 5.74) is 3.37. The highest BCUT2D eigenvalue weighted by atomic mass is 127. The van der Waals surface area contributed by atoms with Crippen LogP contribution in [0.25, 0.3) is 0 Å². The van der Waals surface area contributed by atoms with Crippen LogP contribution in [0.2, 0.25) is 0 Å². The lowest BCUT2D eigenvalue weighted by molar-refractivity contribution is 0.125. The van der Waals surface area contributed by atoms with Crippen LogP contribution in [0.5, 0.6) is 11.5 Å². The third kappa shape index (κ3) is 8.91. The summed E-state index contributed by atoms with van der Waals surface area (Å²) in [6.07, 6.45) is 0. The Kier molecular flexibility index (Phi) is 12.1. The molecule has 2 aromatic rings. The van der Waals surface area contributed by atoms with Crippen molar-refractivity contribution in [2.45, 2.75) is 27.0 Å². The van der Waals surface area contributed by atoms with Crippen molar-refractivity contribution in [3.63, 3.8) is 0 Å². The van der Waals surface area contributed by atoms with Gasteiger partial charge in [0.05, 0.1) is 26.9 Å². The Hall–Kier alpha value is -2.00. The Morgan fingerprint density at radius 3 is 2.66 bits per heavy atom.